The molecule has 2 aromatic carbocycles. The highest BCUT2D eigenvalue weighted by molar-refractivity contribution is 5.96. The highest BCUT2D eigenvalue weighted by atomic mass is 16.5. The number of ether oxygens (including phenoxy) is 1. The molecule has 2 aliphatic heterocycles. The number of benzene rings is 2. The van der Waals surface area contributed by atoms with E-state index in [1.54, 1.807) is 0 Å². The normalized spacial score (nSPS) is 23.0. The second-order valence-electron chi connectivity index (χ2n) is 9.61. The number of hydrogen-bond acceptors (Lipinski definition) is 4. The molecule has 2 heterocycles. The minimum atomic E-state index is -0.864. The van der Waals surface area contributed by atoms with Gasteiger partial charge in [-0.25, -0.2) is 0 Å². The molecule has 2 fully saturated rings. The lowest BCUT2D eigenvalue weighted by molar-refractivity contribution is -0.142. The van der Waals surface area contributed by atoms with Crippen molar-refractivity contribution < 1.29 is 14.3 Å². The smallest absolute Gasteiger partial charge is 0.242 e. The van der Waals surface area contributed by atoms with Crippen molar-refractivity contribution >= 4 is 11.7 Å². The van der Waals surface area contributed by atoms with Crippen LogP contribution in [0, 0.1) is 19.8 Å². The van der Waals surface area contributed by atoms with Crippen LogP contribution in [0.25, 0.3) is 0 Å². The van der Waals surface area contributed by atoms with Crippen LogP contribution in [0.5, 0.6) is 0 Å². The van der Waals surface area contributed by atoms with Crippen LogP contribution in [0.4, 0.5) is 0 Å². The first kappa shape index (κ1) is 22.7. The maximum Gasteiger partial charge on any atom is 0.242 e. The second-order valence-corrected chi connectivity index (χ2v) is 9.61. The van der Waals surface area contributed by atoms with Crippen LogP contribution >= 0.6 is 0 Å². The second kappa shape index (κ2) is 9.55. The van der Waals surface area contributed by atoms with Gasteiger partial charge in [-0.1, -0.05) is 48.5 Å². The molecule has 170 valence electrons. The van der Waals surface area contributed by atoms with Gasteiger partial charge in [-0.15, -0.1) is 0 Å². The summed E-state index contributed by atoms with van der Waals surface area (Å²) in [5.74, 6) is 0.447. The Morgan fingerprint density at radius 2 is 1.75 bits per heavy atom. The lowest BCUT2D eigenvalue weighted by Gasteiger charge is -2.43. The summed E-state index contributed by atoms with van der Waals surface area (Å²) in [6.07, 6.45) is 2.43. The van der Waals surface area contributed by atoms with E-state index in [0.717, 1.165) is 12.0 Å². The van der Waals surface area contributed by atoms with Crippen molar-refractivity contribution in [1.29, 1.82) is 0 Å². The first-order valence-corrected chi connectivity index (χ1v) is 11.7. The van der Waals surface area contributed by atoms with Gasteiger partial charge in [0.1, 0.15) is 0 Å². The lowest BCUT2D eigenvalue weighted by Crippen LogP contribution is -2.60. The van der Waals surface area contributed by atoms with Crippen LogP contribution in [0.1, 0.15) is 58.6 Å². The van der Waals surface area contributed by atoms with Crippen molar-refractivity contribution in [3.63, 3.8) is 0 Å². The Morgan fingerprint density at radius 3 is 2.44 bits per heavy atom. The van der Waals surface area contributed by atoms with Crippen LogP contribution in [-0.2, 0) is 9.53 Å². The summed E-state index contributed by atoms with van der Waals surface area (Å²) in [5.41, 5.74) is 10.2. The SMILES string of the molecule is Cc1ccc(C2CC(CC(=O)c3ccccc3)CN(C(=O)C3(N)CCOCC3)C2)cc1C. The number of likely N-dealkylation sites (tertiary alicyclic amines) is 1. The molecular formula is C27H34N2O3. The molecule has 0 saturated carbocycles. The summed E-state index contributed by atoms with van der Waals surface area (Å²) in [6, 6.07) is 16.0. The average Bonchev–Trinajstić information content (AvgIpc) is 2.81. The number of carbonyl (C=O) groups excluding carboxylic acids is 2. The minimum Gasteiger partial charge on any atom is -0.381 e. The Bertz CT molecular complexity index is 966. The molecule has 2 atom stereocenters. The fraction of sp³-hybridized carbons (Fsp3) is 0.481. The Hall–Kier alpha value is -2.50. The van der Waals surface area contributed by atoms with Gasteiger partial charge in [-0.05, 0) is 55.7 Å². The third-order valence-electron chi connectivity index (χ3n) is 7.21. The highest BCUT2D eigenvalue weighted by Gasteiger charge is 2.42. The lowest BCUT2D eigenvalue weighted by atomic mass is 9.79. The fourth-order valence-corrected chi connectivity index (χ4v) is 5.05. The molecule has 0 aliphatic carbocycles. The molecule has 2 aliphatic rings. The van der Waals surface area contributed by atoms with Crippen LogP contribution in [0.15, 0.2) is 48.5 Å². The number of rotatable bonds is 5. The van der Waals surface area contributed by atoms with Gasteiger partial charge in [0.15, 0.2) is 5.78 Å². The van der Waals surface area contributed by atoms with E-state index in [1.807, 2.05) is 35.2 Å². The monoisotopic (exact) mass is 434 g/mol. The fourth-order valence-electron chi connectivity index (χ4n) is 5.05. The molecule has 5 nitrogen and oxygen atoms in total. The molecule has 2 aromatic rings. The predicted octanol–water partition coefficient (Wildman–Crippen LogP) is 4.02. The van der Waals surface area contributed by atoms with E-state index in [0.29, 0.717) is 45.6 Å². The number of nitrogens with two attached hydrogens (primary N) is 1. The quantitative estimate of drug-likeness (QED) is 0.722. The van der Waals surface area contributed by atoms with E-state index in [2.05, 4.69) is 32.0 Å². The summed E-state index contributed by atoms with van der Waals surface area (Å²) >= 11 is 0. The summed E-state index contributed by atoms with van der Waals surface area (Å²) < 4.78 is 5.44. The first-order valence-electron chi connectivity index (χ1n) is 11.7. The van der Waals surface area contributed by atoms with Crippen molar-refractivity contribution in [1.82, 2.24) is 4.90 Å². The van der Waals surface area contributed by atoms with Gasteiger partial charge >= 0.3 is 0 Å². The van der Waals surface area contributed by atoms with E-state index in [1.165, 1.54) is 16.7 Å². The van der Waals surface area contributed by atoms with E-state index < -0.39 is 5.54 Å². The Labute approximate surface area is 190 Å². The summed E-state index contributed by atoms with van der Waals surface area (Å²) in [6.45, 7) is 6.51. The van der Waals surface area contributed by atoms with Gasteiger partial charge < -0.3 is 15.4 Å². The number of Topliss-reactive ketones (excluding diaryl/α,β-unsaturated/α-hetero) is 1. The number of aryl methyl sites for hydroxylation is 2. The predicted molar refractivity (Wildman–Crippen MR) is 126 cm³/mol. The van der Waals surface area contributed by atoms with Gasteiger partial charge in [0.2, 0.25) is 5.91 Å². The number of hydrogen-bond donors (Lipinski definition) is 1. The molecule has 0 bridgehead atoms. The zero-order valence-electron chi connectivity index (χ0n) is 19.2. The van der Waals surface area contributed by atoms with E-state index >= 15 is 0 Å². The van der Waals surface area contributed by atoms with Crippen molar-refractivity contribution in [3.8, 4) is 0 Å². The third kappa shape index (κ3) is 4.94. The van der Waals surface area contributed by atoms with E-state index in [9.17, 15) is 9.59 Å². The van der Waals surface area contributed by atoms with E-state index in [-0.39, 0.29) is 23.5 Å². The Morgan fingerprint density at radius 1 is 1.03 bits per heavy atom. The maximum atomic E-state index is 13.5. The molecule has 4 rings (SSSR count). The molecule has 32 heavy (non-hydrogen) atoms. The zero-order chi connectivity index (χ0) is 22.7. The van der Waals surface area contributed by atoms with Crippen molar-refractivity contribution in [2.24, 2.45) is 11.7 Å². The Kier molecular flexibility index (Phi) is 6.77. The van der Waals surface area contributed by atoms with Gasteiger partial charge in [0.25, 0.3) is 0 Å². The number of ketones is 1. The molecule has 5 heteroatoms. The summed E-state index contributed by atoms with van der Waals surface area (Å²) in [5, 5.41) is 0. The maximum absolute atomic E-state index is 13.5. The van der Waals surface area contributed by atoms with Crippen LogP contribution in [0.3, 0.4) is 0 Å². The molecule has 2 unspecified atom stereocenters. The standard InChI is InChI=1S/C27H34N2O3/c1-19-8-9-23(14-20(19)2)24-15-21(16-25(30)22-6-4-3-5-7-22)17-29(18-24)26(31)27(28)10-12-32-13-11-27/h3-9,14,21,24H,10-13,15-18,28H2,1-2H3. The van der Waals surface area contributed by atoms with Crippen molar-refractivity contribution in [2.75, 3.05) is 26.3 Å². The van der Waals surface area contributed by atoms with Gasteiger partial charge in [-0.2, -0.15) is 0 Å². The third-order valence-corrected chi connectivity index (χ3v) is 7.21. The molecular weight excluding hydrogens is 400 g/mol. The highest BCUT2D eigenvalue weighted by Crippen LogP contribution is 2.35. The molecule has 2 N–H and O–H groups in total. The largest absolute Gasteiger partial charge is 0.381 e. The number of nitrogens with zero attached hydrogens (tertiary/aromatic N) is 1. The summed E-state index contributed by atoms with van der Waals surface area (Å²) in [7, 11) is 0. The zero-order valence-corrected chi connectivity index (χ0v) is 19.2. The Balaban J connectivity index is 1.57. The van der Waals surface area contributed by atoms with Gasteiger partial charge in [0, 0.05) is 44.2 Å². The topological polar surface area (TPSA) is 72.6 Å². The van der Waals surface area contributed by atoms with Crippen LogP contribution in [-0.4, -0.2) is 48.4 Å². The molecule has 0 aromatic heterocycles. The van der Waals surface area contributed by atoms with Crippen molar-refractivity contribution in [3.05, 3.63) is 70.8 Å². The molecule has 0 radical (unpaired) electrons. The van der Waals surface area contributed by atoms with E-state index in [4.69, 9.17) is 10.5 Å². The van der Waals surface area contributed by atoms with Crippen molar-refractivity contribution in [2.45, 2.75) is 51.0 Å². The van der Waals surface area contributed by atoms with Gasteiger partial charge in [0.05, 0.1) is 5.54 Å². The average molecular weight is 435 g/mol. The molecule has 1 amide bonds. The van der Waals surface area contributed by atoms with Crippen LogP contribution < -0.4 is 5.73 Å². The number of amides is 1. The first-order chi connectivity index (χ1) is 15.4. The number of carbonyl (C=O) groups is 2. The minimum absolute atomic E-state index is 0.00601. The van der Waals surface area contributed by atoms with Crippen LogP contribution in [0.2, 0.25) is 0 Å². The van der Waals surface area contributed by atoms with Gasteiger partial charge in [-0.3, -0.25) is 9.59 Å². The molecule has 2 saturated heterocycles. The summed E-state index contributed by atoms with van der Waals surface area (Å²) in [4.78, 5) is 28.4. The molecule has 0 spiro atoms. The number of piperidine rings is 1.